The molecule has 0 bridgehead atoms. The van der Waals surface area contributed by atoms with Crippen molar-refractivity contribution in [2.75, 3.05) is 4.90 Å². The number of fused-ring (bicyclic) bond motifs is 1. The number of carbonyl (C=O) groups is 2. The van der Waals surface area contributed by atoms with Gasteiger partial charge in [-0.3, -0.25) is 9.59 Å². The first-order valence-corrected chi connectivity index (χ1v) is 11.0. The highest BCUT2D eigenvalue weighted by atomic mass is 35.5. The summed E-state index contributed by atoms with van der Waals surface area (Å²) in [5, 5.41) is 3.25. The Morgan fingerprint density at radius 3 is 2.38 bits per heavy atom. The number of benzene rings is 1. The van der Waals surface area contributed by atoms with Gasteiger partial charge < -0.3 is 16.0 Å². The highest BCUT2D eigenvalue weighted by molar-refractivity contribution is 6.00. The van der Waals surface area contributed by atoms with Crippen molar-refractivity contribution >= 4 is 29.9 Å². The van der Waals surface area contributed by atoms with Gasteiger partial charge in [0.1, 0.15) is 0 Å². The van der Waals surface area contributed by atoms with Gasteiger partial charge in [0.15, 0.2) is 0 Å². The lowest BCUT2D eigenvalue weighted by Gasteiger charge is -2.36. The quantitative estimate of drug-likeness (QED) is 0.786. The Morgan fingerprint density at radius 1 is 1.00 bits per heavy atom. The molecule has 2 aliphatic carbocycles. The van der Waals surface area contributed by atoms with E-state index in [2.05, 4.69) is 18.3 Å². The molecule has 0 radical (unpaired) electrons. The number of nitrogens with two attached hydrogens (primary N) is 1. The molecule has 0 saturated heterocycles. The van der Waals surface area contributed by atoms with E-state index in [9.17, 15) is 9.59 Å². The normalized spacial score (nSPS) is 31.5. The zero-order chi connectivity index (χ0) is 19.7. The average molecular weight is 420 g/mol. The number of hydrogen-bond acceptors (Lipinski definition) is 3. The van der Waals surface area contributed by atoms with Gasteiger partial charge >= 0.3 is 0 Å². The molecule has 2 saturated carbocycles. The molecular weight excluding hydrogens is 386 g/mol. The van der Waals surface area contributed by atoms with E-state index in [4.69, 9.17) is 5.73 Å². The van der Waals surface area contributed by atoms with Gasteiger partial charge in [0.25, 0.3) is 0 Å². The van der Waals surface area contributed by atoms with Crippen molar-refractivity contribution in [1.82, 2.24) is 5.32 Å². The monoisotopic (exact) mass is 419 g/mol. The predicted molar refractivity (Wildman–Crippen MR) is 118 cm³/mol. The molecular formula is C23H34ClN3O2. The average Bonchev–Trinajstić information content (AvgIpc) is 3.05. The highest BCUT2D eigenvalue weighted by Crippen LogP contribution is 2.38. The largest absolute Gasteiger partial charge is 0.353 e. The lowest BCUT2D eigenvalue weighted by molar-refractivity contribution is -0.136. The molecule has 3 atom stereocenters. The maximum atomic E-state index is 13.6. The Labute approximate surface area is 180 Å². The number of rotatable bonds is 3. The van der Waals surface area contributed by atoms with Gasteiger partial charge in [-0.1, -0.05) is 31.0 Å². The minimum atomic E-state index is -0.201. The molecule has 29 heavy (non-hydrogen) atoms. The van der Waals surface area contributed by atoms with Crippen LogP contribution in [0.3, 0.4) is 0 Å². The summed E-state index contributed by atoms with van der Waals surface area (Å²) in [6.45, 7) is 2.11. The summed E-state index contributed by atoms with van der Waals surface area (Å²) in [5.41, 5.74) is 8.26. The molecule has 4 rings (SSSR count). The molecule has 6 heteroatoms. The summed E-state index contributed by atoms with van der Waals surface area (Å²) in [6.07, 6.45) is 8.44. The molecule has 3 N–H and O–H groups in total. The molecule has 1 heterocycles. The fourth-order valence-corrected chi connectivity index (χ4v) is 5.39. The van der Waals surface area contributed by atoms with Crippen molar-refractivity contribution < 1.29 is 9.59 Å². The molecule has 3 unspecified atom stereocenters. The van der Waals surface area contributed by atoms with E-state index in [1.54, 1.807) is 0 Å². The minimum absolute atomic E-state index is 0. The summed E-state index contributed by atoms with van der Waals surface area (Å²) < 4.78 is 0. The third-order valence-corrected chi connectivity index (χ3v) is 6.98. The molecule has 1 aromatic carbocycles. The first-order chi connectivity index (χ1) is 13.5. The first-order valence-electron chi connectivity index (χ1n) is 11.0. The Morgan fingerprint density at radius 2 is 1.66 bits per heavy atom. The van der Waals surface area contributed by atoms with Gasteiger partial charge in [-0.25, -0.2) is 0 Å². The van der Waals surface area contributed by atoms with Crippen molar-refractivity contribution in [2.24, 2.45) is 17.6 Å². The van der Waals surface area contributed by atoms with E-state index in [0.717, 1.165) is 63.5 Å². The van der Waals surface area contributed by atoms with Crippen LogP contribution in [0.25, 0.3) is 0 Å². The topological polar surface area (TPSA) is 75.4 Å². The summed E-state index contributed by atoms with van der Waals surface area (Å²) in [7, 11) is 0. The van der Waals surface area contributed by atoms with Crippen molar-refractivity contribution in [3.05, 3.63) is 29.8 Å². The maximum Gasteiger partial charge on any atom is 0.231 e. The molecule has 0 aromatic heterocycles. The number of halogens is 1. The summed E-state index contributed by atoms with van der Waals surface area (Å²) in [4.78, 5) is 28.6. The molecule has 1 aromatic rings. The number of anilines is 1. The number of carbonyl (C=O) groups excluding carboxylic acids is 2. The number of nitrogens with one attached hydrogen (secondary N) is 1. The van der Waals surface area contributed by atoms with Gasteiger partial charge in [0.2, 0.25) is 11.8 Å². The summed E-state index contributed by atoms with van der Waals surface area (Å²) in [6, 6.07) is 8.83. The standard InChI is InChI=1S/C23H33N3O2.ClH/c1-15-14-16-6-2-5-9-21(16)26(15)23(28)20-8-4-3-7-19(20)22(27)25-18-12-10-17(24)11-13-18;/h2,5-6,9,15,17-20H,3-4,7-8,10-14,24H2,1H3,(H,25,27);1H. The van der Waals surface area contributed by atoms with Crippen LogP contribution in [-0.4, -0.2) is 29.9 Å². The second kappa shape index (κ2) is 9.48. The van der Waals surface area contributed by atoms with E-state index in [0.29, 0.717) is 0 Å². The molecule has 0 spiro atoms. The molecule has 2 fully saturated rings. The molecule has 2 amide bonds. The van der Waals surface area contributed by atoms with Crippen LogP contribution in [0.5, 0.6) is 0 Å². The highest BCUT2D eigenvalue weighted by Gasteiger charge is 2.42. The maximum absolute atomic E-state index is 13.6. The van der Waals surface area contributed by atoms with Crippen molar-refractivity contribution in [3.8, 4) is 0 Å². The predicted octanol–water partition coefficient (Wildman–Crippen LogP) is 3.58. The number of nitrogens with zero attached hydrogens (tertiary/aromatic N) is 1. The number of hydrogen-bond donors (Lipinski definition) is 2. The molecule has 5 nitrogen and oxygen atoms in total. The minimum Gasteiger partial charge on any atom is -0.353 e. The van der Waals surface area contributed by atoms with Crippen molar-refractivity contribution in [1.29, 1.82) is 0 Å². The smallest absolute Gasteiger partial charge is 0.231 e. The van der Waals surface area contributed by atoms with Crippen LogP contribution in [-0.2, 0) is 16.0 Å². The van der Waals surface area contributed by atoms with E-state index in [1.807, 2.05) is 23.1 Å². The third kappa shape index (κ3) is 4.61. The van der Waals surface area contributed by atoms with Crippen LogP contribution in [0.15, 0.2) is 24.3 Å². The van der Waals surface area contributed by atoms with Crippen LogP contribution < -0.4 is 16.0 Å². The van der Waals surface area contributed by atoms with Crippen LogP contribution >= 0.6 is 12.4 Å². The summed E-state index contributed by atoms with van der Waals surface area (Å²) in [5.74, 6) is -0.174. The second-order valence-electron chi connectivity index (χ2n) is 9.01. The third-order valence-electron chi connectivity index (χ3n) is 6.98. The van der Waals surface area contributed by atoms with Gasteiger partial charge in [0, 0.05) is 29.7 Å². The fourth-order valence-electron chi connectivity index (χ4n) is 5.39. The van der Waals surface area contributed by atoms with Gasteiger partial charge in [-0.2, -0.15) is 0 Å². The Hall–Kier alpha value is -1.59. The molecule has 3 aliphatic rings. The van der Waals surface area contributed by atoms with Crippen LogP contribution in [0.4, 0.5) is 5.69 Å². The number of amides is 2. The van der Waals surface area contributed by atoms with Crippen LogP contribution in [0.1, 0.15) is 63.9 Å². The Balaban J connectivity index is 0.00000240. The Kier molecular flexibility index (Phi) is 7.23. The van der Waals surface area contributed by atoms with E-state index in [1.165, 1.54) is 5.56 Å². The van der Waals surface area contributed by atoms with Crippen molar-refractivity contribution in [3.63, 3.8) is 0 Å². The van der Waals surface area contributed by atoms with Gasteiger partial charge in [0.05, 0.1) is 5.92 Å². The zero-order valence-corrected chi connectivity index (χ0v) is 18.1. The summed E-state index contributed by atoms with van der Waals surface area (Å²) >= 11 is 0. The lowest BCUT2D eigenvalue weighted by atomic mass is 9.77. The number of para-hydroxylation sites is 1. The Bertz CT molecular complexity index is 733. The van der Waals surface area contributed by atoms with Crippen LogP contribution in [0, 0.1) is 11.8 Å². The first kappa shape index (κ1) is 22.1. The zero-order valence-electron chi connectivity index (χ0n) is 17.3. The van der Waals surface area contributed by atoms with E-state index < -0.39 is 0 Å². The fraction of sp³-hybridized carbons (Fsp3) is 0.652. The van der Waals surface area contributed by atoms with Gasteiger partial charge in [-0.05, 0) is 63.5 Å². The molecule has 160 valence electrons. The molecule has 1 aliphatic heterocycles. The second-order valence-corrected chi connectivity index (χ2v) is 9.01. The van der Waals surface area contributed by atoms with Gasteiger partial charge in [-0.15, -0.1) is 12.4 Å². The SMILES string of the molecule is CC1Cc2ccccc2N1C(=O)C1CCCCC1C(=O)NC1CCC(N)CC1.Cl. The van der Waals surface area contributed by atoms with Crippen molar-refractivity contribution in [2.45, 2.75) is 82.8 Å². The van der Waals surface area contributed by atoms with Crippen LogP contribution in [0.2, 0.25) is 0 Å². The van der Waals surface area contributed by atoms with E-state index >= 15 is 0 Å². The lowest BCUT2D eigenvalue weighted by Crippen LogP contribution is -2.49. The van der Waals surface area contributed by atoms with E-state index in [-0.39, 0.29) is 54.2 Å².